The van der Waals surface area contributed by atoms with Crippen LogP contribution >= 0.6 is 0 Å². The Kier molecular flexibility index (Phi) is 7.96. The number of hydrogen-bond acceptors (Lipinski definition) is 5. The van der Waals surface area contributed by atoms with Gasteiger partial charge >= 0.3 is 0 Å². The van der Waals surface area contributed by atoms with E-state index in [4.69, 9.17) is 4.84 Å². The molecule has 0 unspecified atom stereocenters. The minimum Gasteiger partial charge on any atom is -0.393 e. The zero-order valence-electron chi connectivity index (χ0n) is 25.7. The number of benzene rings is 2. The Balaban J connectivity index is 1.17. The third kappa shape index (κ3) is 5.63. The highest BCUT2D eigenvalue weighted by Gasteiger charge is 2.57. The van der Waals surface area contributed by atoms with Gasteiger partial charge in [0.25, 0.3) is 5.91 Å². The highest BCUT2D eigenvalue weighted by atomic mass is 16.7. The minimum absolute atomic E-state index is 0.0365. The molecule has 1 saturated heterocycles. The quantitative estimate of drug-likeness (QED) is 0.385. The third-order valence-electron chi connectivity index (χ3n) is 11.0. The topological polar surface area (TPSA) is 90.9 Å². The number of hydrogen-bond donors (Lipinski definition) is 3. The lowest BCUT2D eigenvalue weighted by Gasteiger charge is -2.62. The van der Waals surface area contributed by atoms with Gasteiger partial charge in [0, 0.05) is 24.1 Å². The van der Waals surface area contributed by atoms with Crippen LogP contribution in [0.2, 0.25) is 0 Å². The Bertz CT molecular complexity index is 1320. The first-order chi connectivity index (χ1) is 20.0. The zero-order chi connectivity index (χ0) is 29.8. The first kappa shape index (κ1) is 29.3. The van der Waals surface area contributed by atoms with Gasteiger partial charge in [0.1, 0.15) is 6.04 Å². The summed E-state index contributed by atoms with van der Waals surface area (Å²) in [4.78, 5) is 32.9. The molecule has 2 aromatic carbocycles. The van der Waals surface area contributed by atoms with E-state index in [1.807, 2.05) is 49.4 Å². The fourth-order valence-corrected chi connectivity index (χ4v) is 8.03. The molecule has 4 aliphatic carbocycles. The maximum Gasteiger partial charge on any atom is 0.251 e. The summed E-state index contributed by atoms with van der Waals surface area (Å²) in [5.41, 5.74) is 3.98. The van der Waals surface area contributed by atoms with Gasteiger partial charge in [-0.25, -0.2) is 0 Å². The summed E-state index contributed by atoms with van der Waals surface area (Å²) in [5.74, 6) is 1.92. The summed E-state index contributed by atoms with van der Waals surface area (Å²) in [5, 5.41) is 18.9. The molecule has 4 saturated carbocycles. The van der Waals surface area contributed by atoms with Gasteiger partial charge in [-0.2, -0.15) is 5.06 Å². The SMILES string of the molecule is C[C@@H]1[C@@H](NC(=O)[C@@H]2[C@H]([C@H](C)O)[C@H](C)ON2Cc2cccc(-c3cccc(C(=O)NCC4CC4)c3)c2)C[C@H]2C[C@@H]1C2(C)C. The Labute approximate surface area is 250 Å². The average Bonchev–Trinajstić information content (AvgIpc) is 3.73. The number of carbonyl (C=O) groups excluding carboxylic acids is 2. The molecule has 2 aromatic rings. The van der Waals surface area contributed by atoms with E-state index < -0.39 is 12.1 Å². The van der Waals surface area contributed by atoms with Crippen LogP contribution in [-0.4, -0.2) is 52.8 Å². The molecule has 7 rings (SSSR count). The molecule has 1 aliphatic heterocycles. The molecule has 7 nitrogen and oxygen atoms in total. The molecule has 2 bridgehead atoms. The molecule has 8 atom stereocenters. The van der Waals surface area contributed by atoms with Crippen molar-refractivity contribution in [1.82, 2.24) is 15.7 Å². The minimum atomic E-state index is -0.683. The van der Waals surface area contributed by atoms with Crippen molar-refractivity contribution in [1.29, 1.82) is 0 Å². The molecular weight excluding hydrogens is 526 g/mol. The summed E-state index contributed by atoms with van der Waals surface area (Å²) in [6.45, 7) is 11.9. The molecular formula is C35H47N3O4. The lowest BCUT2D eigenvalue weighted by molar-refractivity contribution is -0.174. The van der Waals surface area contributed by atoms with Crippen LogP contribution < -0.4 is 10.6 Å². The molecule has 0 radical (unpaired) electrons. The standard InChI is InChI=1S/C35H47N3O4/c1-20-29-16-28(35(29,4)5)17-30(20)37-34(41)32-31(21(2)39)22(3)42-38(32)19-24-8-6-9-25(14-24)26-10-7-11-27(15-26)33(40)36-18-23-12-13-23/h6-11,14-15,20-23,28-32,39H,12-13,16-19H2,1-5H3,(H,36,40)(H,37,41)/t20-,21-,22-,28+,29-,30-,31+,32-/m0/s1. The number of aliphatic hydroxyl groups excluding tert-OH is 1. The number of nitrogens with zero attached hydrogens (tertiary/aromatic N) is 1. The third-order valence-corrected chi connectivity index (χ3v) is 11.0. The highest BCUT2D eigenvalue weighted by Crippen LogP contribution is 2.61. The van der Waals surface area contributed by atoms with Crippen molar-refractivity contribution in [3.05, 3.63) is 59.7 Å². The molecule has 7 heteroatoms. The van der Waals surface area contributed by atoms with E-state index in [1.54, 1.807) is 12.0 Å². The van der Waals surface area contributed by atoms with Crippen molar-refractivity contribution in [3.63, 3.8) is 0 Å². The van der Waals surface area contributed by atoms with Gasteiger partial charge in [0.05, 0.1) is 18.8 Å². The molecule has 5 fully saturated rings. The highest BCUT2D eigenvalue weighted by molar-refractivity contribution is 5.95. The summed E-state index contributed by atoms with van der Waals surface area (Å²) >= 11 is 0. The van der Waals surface area contributed by atoms with E-state index in [2.05, 4.69) is 37.5 Å². The van der Waals surface area contributed by atoms with Crippen LogP contribution in [-0.2, 0) is 16.2 Å². The number of aliphatic hydroxyl groups is 1. The number of nitrogens with one attached hydrogen (secondary N) is 2. The van der Waals surface area contributed by atoms with Crippen molar-refractivity contribution in [2.24, 2.45) is 35.0 Å². The number of hydroxylamine groups is 2. The van der Waals surface area contributed by atoms with E-state index in [0.717, 1.165) is 29.7 Å². The molecule has 226 valence electrons. The monoisotopic (exact) mass is 573 g/mol. The van der Waals surface area contributed by atoms with Crippen LogP contribution in [0.3, 0.4) is 0 Å². The average molecular weight is 574 g/mol. The van der Waals surface area contributed by atoms with Crippen LogP contribution in [0.25, 0.3) is 11.1 Å². The number of rotatable bonds is 9. The second kappa shape index (κ2) is 11.4. The zero-order valence-corrected chi connectivity index (χ0v) is 25.7. The van der Waals surface area contributed by atoms with Crippen molar-refractivity contribution in [2.45, 2.75) is 91.1 Å². The van der Waals surface area contributed by atoms with Gasteiger partial charge in [-0.05, 0) is 104 Å². The first-order valence-electron chi connectivity index (χ1n) is 15.9. The molecule has 0 aromatic heterocycles. The number of amides is 2. The van der Waals surface area contributed by atoms with Crippen LogP contribution in [0, 0.1) is 35.0 Å². The van der Waals surface area contributed by atoms with E-state index in [0.29, 0.717) is 41.2 Å². The Morgan fingerprint density at radius 1 is 1.07 bits per heavy atom. The summed E-state index contributed by atoms with van der Waals surface area (Å²) in [7, 11) is 0. The Morgan fingerprint density at radius 3 is 2.45 bits per heavy atom. The predicted octanol–water partition coefficient (Wildman–Crippen LogP) is 5.18. The molecule has 2 amide bonds. The number of fused-ring (bicyclic) bond motifs is 2. The predicted molar refractivity (Wildman–Crippen MR) is 163 cm³/mol. The van der Waals surface area contributed by atoms with Crippen molar-refractivity contribution < 1.29 is 19.5 Å². The lowest BCUT2D eigenvalue weighted by atomic mass is 9.45. The molecule has 0 spiro atoms. The smallest absolute Gasteiger partial charge is 0.251 e. The van der Waals surface area contributed by atoms with Crippen molar-refractivity contribution in [2.75, 3.05) is 6.54 Å². The second-order valence-corrected chi connectivity index (χ2v) is 14.2. The summed E-state index contributed by atoms with van der Waals surface area (Å²) in [6.07, 6.45) is 3.70. The van der Waals surface area contributed by atoms with Gasteiger partial charge < -0.3 is 15.7 Å². The fourth-order valence-electron chi connectivity index (χ4n) is 8.03. The molecule has 3 N–H and O–H groups in total. The molecule has 42 heavy (non-hydrogen) atoms. The Hall–Kier alpha value is -2.74. The van der Waals surface area contributed by atoms with Crippen molar-refractivity contribution in [3.8, 4) is 11.1 Å². The summed E-state index contributed by atoms with van der Waals surface area (Å²) in [6, 6.07) is 15.5. The van der Waals surface area contributed by atoms with Crippen LogP contribution in [0.1, 0.15) is 76.2 Å². The fraction of sp³-hybridized carbons (Fsp3) is 0.600. The van der Waals surface area contributed by atoms with E-state index in [1.165, 1.54) is 19.3 Å². The maximum atomic E-state index is 13.9. The number of carbonyl (C=O) groups is 2. The van der Waals surface area contributed by atoms with Crippen LogP contribution in [0.15, 0.2) is 48.5 Å². The second-order valence-electron chi connectivity index (χ2n) is 14.2. The van der Waals surface area contributed by atoms with Gasteiger partial charge in [0.2, 0.25) is 5.91 Å². The normalized spacial score (nSPS) is 32.6. The largest absolute Gasteiger partial charge is 0.393 e. The first-order valence-corrected chi connectivity index (χ1v) is 15.9. The van der Waals surface area contributed by atoms with Gasteiger partial charge in [-0.3, -0.25) is 14.4 Å². The lowest BCUT2D eigenvalue weighted by Crippen LogP contribution is -2.62. The van der Waals surface area contributed by atoms with Gasteiger partial charge in [-0.1, -0.05) is 51.1 Å². The van der Waals surface area contributed by atoms with E-state index >= 15 is 0 Å². The Morgan fingerprint density at radius 2 is 1.79 bits per heavy atom. The molecule has 1 heterocycles. The summed E-state index contributed by atoms with van der Waals surface area (Å²) < 4.78 is 0. The van der Waals surface area contributed by atoms with Crippen molar-refractivity contribution >= 4 is 11.8 Å². The van der Waals surface area contributed by atoms with Crippen LogP contribution in [0.5, 0.6) is 0 Å². The van der Waals surface area contributed by atoms with Crippen LogP contribution in [0.4, 0.5) is 0 Å². The van der Waals surface area contributed by atoms with Gasteiger partial charge in [-0.15, -0.1) is 0 Å². The van der Waals surface area contributed by atoms with E-state index in [9.17, 15) is 14.7 Å². The molecule has 5 aliphatic rings. The maximum absolute atomic E-state index is 13.9. The van der Waals surface area contributed by atoms with Gasteiger partial charge in [0.15, 0.2) is 0 Å². The van der Waals surface area contributed by atoms with E-state index in [-0.39, 0.29) is 29.9 Å².